The first-order chi connectivity index (χ1) is 36.2. The first-order valence-corrected chi connectivity index (χ1v) is 25.2. The fraction of sp³-hybridized carbons (Fsp3) is 0.0704. The lowest BCUT2D eigenvalue weighted by molar-refractivity contribution is 0.479. The molecule has 0 spiro atoms. The molecule has 74 heavy (non-hydrogen) atoms. The number of ether oxygens (including phenoxy) is 1. The van der Waals surface area contributed by atoms with Crippen LogP contribution in [0.3, 0.4) is 0 Å². The summed E-state index contributed by atoms with van der Waals surface area (Å²) in [6.07, 6.45) is 12.2. The molecule has 9 rings (SSSR count). The lowest BCUT2D eigenvalue weighted by atomic mass is 9.94. The average molecular weight is 959 g/mol. The largest absolute Gasteiger partial charge is 0.457 e. The van der Waals surface area contributed by atoms with Crippen LogP contribution in [0.5, 0.6) is 11.5 Å². The van der Waals surface area contributed by atoms with Gasteiger partial charge in [0.2, 0.25) is 0 Å². The number of allylic oxidation sites excluding steroid dienone is 10. The Hall–Kier alpha value is -9.18. The van der Waals surface area contributed by atoms with Gasteiger partial charge in [-0.1, -0.05) is 207 Å². The normalized spacial score (nSPS) is 12.0. The van der Waals surface area contributed by atoms with E-state index in [9.17, 15) is 0 Å². The Bertz CT molecular complexity index is 3520. The minimum Gasteiger partial charge on any atom is -0.457 e. The summed E-state index contributed by atoms with van der Waals surface area (Å²) in [6, 6.07) is 79.4. The van der Waals surface area contributed by atoms with E-state index in [0.717, 1.165) is 95.7 Å². The SMILES string of the molecule is C=C/C=C\C(C)=C(/C)N(c1ccc(Oc2ccccc2C)cc1)c1cccc(-c2cccc(-c3ccccc3N(/C(C)=C/C=C(\C=C)c3ccc(-c4ccccc4)cc3)c3ccc(-c4ccccc4)cc3)c2)c1C. The number of anilines is 4. The molecule has 0 fully saturated rings. The summed E-state index contributed by atoms with van der Waals surface area (Å²) < 4.78 is 6.33. The number of para-hydroxylation sites is 2. The van der Waals surface area contributed by atoms with Gasteiger partial charge in [-0.25, -0.2) is 0 Å². The summed E-state index contributed by atoms with van der Waals surface area (Å²) in [5, 5.41) is 0. The highest BCUT2D eigenvalue weighted by atomic mass is 16.5. The molecular weight excluding hydrogens is 897 g/mol. The zero-order valence-corrected chi connectivity index (χ0v) is 43.0. The number of aryl methyl sites for hydroxylation is 1. The Morgan fingerprint density at radius 3 is 1.62 bits per heavy atom. The van der Waals surface area contributed by atoms with E-state index in [1.807, 2.05) is 54.6 Å². The quantitative estimate of drug-likeness (QED) is 0.0846. The van der Waals surface area contributed by atoms with E-state index in [-0.39, 0.29) is 0 Å². The van der Waals surface area contributed by atoms with Crippen molar-refractivity contribution in [2.24, 2.45) is 0 Å². The molecule has 0 bridgehead atoms. The third-order valence-electron chi connectivity index (χ3n) is 13.6. The van der Waals surface area contributed by atoms with Crippen molar-refractivity contribution in [1.29, 1.82) is 0 Å². The number of benzene rings is 9. The van der Waals surface area contributed by atoms with Gasteiger partial charge in [0.05, 0.1) is 5.69 Å². The molecule has 0 aliphatic rings. The van der Waals surface area contributed by atoms with Crippen LogP contribution in [-0.2, 0) is 0 Å². The highest BCUT2D eigenvalue weighted by Crippen LogP contribution is 2.43. The van der Waals surface area contributed by atoms with Crippen LogP contribution in [0.4, 0.5) is 22.7 Å². The second kappa shape index (κ2) is 23.4. The summed E-state index contributed by atoms with van der Waals surface area (Å²) in [5.41, 5.74) is 21.2. The molecule has 0 atom stereocenters. The highest BCUT2D eigenvalue weighted by molar-refractivity contribution is 5.88. The van der Waals surface area contributed by atoms with Gasteiger partial charge in [0, 0.05) is 34.0 Å². The minimum absolute atomic E-state index is 0.784. The Morgan fingerprint density at radius 2 is 0.973 bits per heavy atom. The maximum absolute atomic E-state index is 6.33. The fourth-order valence-corrected chi connectivity index (χ4v) is 9.45. The van der Waals surface area contributed by atoms with E-state index in [0.29, 0.717) is 0 Å². The van der Waals surface area contributed by atoms with Crippen molar-refractivity contribution in [3.8, 4) is 56.0 Å². The van der Waals surface area contributed by atoms with Crippen LogP contribution in [0.15, 0.2) is 291 Å². The van der Waals surface area contributed by atoms with Crippen LogP contribution >= 0.6 is 0 Å². The first kappa shape index (κ1) is 49.8. The van der Waals surface area contributed by atoms with E-state index >= 15 is 0 Å². The van der Waals surface area contributed by atoms with Crippen molar-refractivity contribution in [2.75, 3.05) is 9.80 Å². The molecule has 9 aromatic rings. The van der Waals surface area contributed by atoms with Gasteiger partial charge in [-0.15, -0.1) is 0 Å². The van der Waals surface area contributed by atoms with Gasteiger partial charge in [-0.05, 0) is 168 Å². The predicted molar refractivity (Wildman–Crippen MR) is 317 cm³/mol. The zero-order valence-electron chi connectivity index (χ0n) is 43.0. The smallest absolute Gasteiger partial charge is 0.130 e. The van der Waals surface area contributed by atoms with E-state index in [1.54, 1.807) is 0 Å². The van der Waals surface area contributed by atoms with Crippen LogP contribution < -0.4 is 14.5 Å². The summed E-state index contributed by atoms with van der Waals surface area (Å²) in [5.74, 6) is 1.63. The lowest BCUT2D eigenvalue weighted by Crippen LogP contribution is -2.17. The van der Waals surface area contributed by atoms with E-state index in [4.69, 9.17) is 4.74 Å². The fourth-order valence-electron chi connectivity index (χ4n) is 9.45. The van der Waals surface area contributed by atoms with Crippen molar-refractivity contribution < 1.29 is 4.74 Å². The Kier molecular flexibility index (Phi) is 15.7. The predicted octanol–water partition coefficient (Wildman–Crippen LogP) is 20.2. The number of hydrogen-bond acceptors (Lipinski definition) is 3. The summed E-state index contributed by atoms with van der Waals surface area (Å²) in [7, 11) is 0. The molecule has 9 aromatic carbocycles. The Labute approximate surface area is 439 Å². The molecule has 0 radical (unpaired) electrons. The first-order valence-electron chi connectivity index (χ1n) is 25.2. The molecule has 0 saturated heterocycles. The number of nitrogens with zero attached hydrogens (tertiary/aromatic N) is 2. The summed E-state index contributed by atoms with van der Waals surface area (Å²) >= 11 is 0. The van der Waals surface area contributed by atoms with Gasteiger partial charge < -0.3 is 14.5 Å². The molecule has 0 unspecified atom stereocenters. The molecule has 0 aliphatic heterocycles. The van der Waals surface area contributed by atoms with Crippen LogP contribution in [0.2, 0.25) is 0 Å². The highest BCUT2D eigenvalue weighted by Gasteiger charge is 2.21. The Morgan fingerprint density at radius 1 is 0.459 bits per heavy atom. The molecule has 0 N–H and O–H groups in total. The van der Waals surface area contributed by atoms with Crippen molar-refractivity contribution in [2.45, 2.75) is 34.6 Å². The van der Waals surface area contributed by atoms with Crippen LogP contribution in [0.1, 0.15) is 37.5 Å². The molecular formula is C71H62N2O. The van der Waals surface area contributed by atoms with E-state index in [2.05, 4.69) is 264 Å². The summed E-state index contributed by atoms with van der Waals surface area (Å²) in [6.45, 7) is 19.0. The van der Waals surface area contributed by atoms with Crippen molar-refractivity contribution >= 4 is 28.3 Å². The van der Waals surface area contributed by atoms with Gasteiger partial charge in [0.1, 0.15) is 11.5 Å². The van der Waals surface area contributed by atoms with Crippen molar-refractivity contribution in [1.82, 2.24) is 0 Å². The third kappa shape index (κ3) is 11.3. The average Bonchev–Trinajstić information content (AvgIpc) is 3.45. The van der Waals surface area contributed by atoms with Crippen LogP contribution in [0, 0.1) is 13.8 Å². The van der Waals surface area contributed by atoms with Crippen molar-refractivity contribution in [3.05, 3.63) is 308 Å². The van der Waals surface area contributed by atoms with Crippen LogP contribution in [0.25, 0.3) is 50.1 Å². The molecule has 0 heterocycles. The molecule has 0 aromatic heterocycles. The van der Waals surface area contributed by atoms with E-state index in [1.165, 1.54) is 22.3 Å². The number of rotatable bonds is 17. The molecule has 3 nitrogen and oxygen atoms in total. The molecule has 0 saturated carbocycles. The second-order valence-electron chi connectivity index (χ2n) is 18.4. The molecule has 362 valence electrons. The lowest BCUT2D eigenvalue weighted by Gasteiger charge is -2.30. The van der Waals surface area contributed by atoms with Gasteiger partial charge in [-0.3, -0.25) is 0 Å². The standard InChI is InChI=1S/C71H62N2O/c1-8-10-23-51(3)55(7)73(65-46-48-66(49-47-65)74-71-35-20-17-24-52(71)4)69-34-22-32-67(54(69)6)62-29-21-30-63(50-62)68-31-18-19-33-70(68)72(64-44-42-61(43-45-64)58-27-15-12-16-28-58)53(5)36-37-56(9-2)59-38-40-60(41-39-59)57-25-13-11-14-26-57/h8-50H,1-2H2,3-7H3/b23-10-,53-36+,55-51+,56-37+. The second-order valence-corrected chi connectivity index (χ2v) is 18.4. The van der Waals surface area contributed by atoms with Gasteiger partial charge in [0.15, 0.2) is 0 Å². The van der Waals surface area contributed by atoms with Crippen LogP contribution in [-0.4, -0.2) is 0 Å². The molecule has 0 aliphatic carbocycles. The van der Waals surface area contributed by atoms with Crippen molar-refractivity contribution in [3.63, 3.8) is 0 Å². The topological polar surface area (TPSA) is 15.7 Å². The maximum atomic E-state index is 6.33. The number of hydrogen-bond donors (Lipinski definition) is 0. The molecule has 0 amide bonds. The molecule has 3 heteroatoms. The maximum Gasteiger partial charge on any atom is 0.130 e. The monoisotopic (exact) mass is 958 g/mol. The summed E-state index contributed by atoms with van der Waals surface area (Å²) in [4.78, 5) is 4.71. The minimum atomic E-state index is 0.784. The zero-order chi connectivity index (χ0) is 51.4. The van der Waals surface area contributed by atoms with Gasteiger partial charge in [-0.2, -0.15) is 0 Å². The van der Waals surface area contributed by atoms with Gasteiger partial charge in [0.25, 0.3) is 0 Å². The van der Waals surface area contributed by atoms with E-state index < -0.39 is 0 Å². The Balaban J connectivity index is 1.10. The van der Waals surface area contributed by atoms with Gasteiger partial charge >= 0.3 is 0 Å². The third-order valence-corrected chi connectivity index (χ3v) is 13.6.